The predicted octanol–water partition coefficient (Wildman–Crippen LogP) is 2.28. The molecule has 102 valence electrons. The van der Waals surface area contributed by atoms with E-state index < -0.39 is 0 Å². The first-order valence-electron chi connectivity index (χ1n) is 6.28. The molecule has 3 aromatic rings. The van der Waals surface area contributed by atoms with Gasteiger partial charge in [0.1, 0.15) is 23.0 Å². The number of nitrogens with zero attached hydrogens (tertiary/aromatic N) is 4. The first-order chi connectivity index (χ1) is 9.69. The summed E-state index contributed by atoms with van der Waals surface area (Å²) in [7, 11) is 1.64. The molecule has 1 aromatic carbocycles. The van der Waals surface area contributed by atoms with Gasteiger partial charge in [-0.25, -0.2) is 9.67 Å². The first kappa shape index (κ1) is 12.4. The fraction of sp³-hybridized carbons (Fsp3) is 0.214. The molecule has 0 saturated carbocycles. The van der Waals surface area contributed by atoms with Gasteiger partial charge in [0.05, 0.1) is 7.11 Å². The van der Waals surface area contributed by atoms with Gasteiger partial charge in [-0.2, -0.15) is 10.2 Å². The third kappa shape index (κ3) is 2.05. The maximum Gasteiger partial charge on any atom is 0.183 e. The molecule has 20 heavy (non-hydrogen) atoms. The molecular formula is C14H15N5O. The largest absolute Gasteiger partial charge is 0.494 e. The lowest BCUT2D eigenvalue weighted by molar-refractivity contribution is 0.412. The Labute approximate surface area is 116 Å². The van der Waals surface area contributed by atoms with Crippen molar-refractivity contribution in [3.63, 3.8) is 0 Å². The number of para-hydroxylation sites is 2. The minimum absolute atomic E-state index is 0.687. The van der Waals surface area contributed by atoms with Crippen LogP contribution in [0.3, 0.4) is 0 Å². The summed E-state index contributed by atoms with van der Waals surface area (Å²) in [5.41, 5.74) is 2.58. The second-order valence-corrected chi connectivity index (χ2v) is 4.50. The molecule has 0 atom stereocenters. The fourth-order valence-corrected chi connectivity index (χ4v) is 2.09. The fourth-order valence-electron chi connectivity index (χ4n) is 2.09. The number of aryl methyl sites for hydroxylation is 2. The second-order valence-electron chi connectivity index (χ2n) is 4.50. The van der Waals surface area contributed by atoms with E-state index >= 15 is 0 Å². The average Bonchev–Trinajstić information content (AvgIpc) is 3.04. The third-order valence-corrected chi connectivity index (χ3v) is 2.96. The lowest BCUT2D eigenvalue weighted by atomic mass is 10.3. The van der Waals surface area contributed by atoms with Crippen molar-refractivity contribution in [2.45, 2.75) is 13.8 Å². The maximum absolute atomic E-state index is 5.39. The Hall–Kier alpha value is -2.63. The number of ether oxygens (including phenoxy) is 1. The quantitative estimate of drug-likeness (QED) is 0.792. The Kier molecular flexibility index (Phi) is 2.98. The molecule has 0 aliphatic carbocycles. The van der Waals surface area contributed by atoms with E-state index in [4.69, 9.17) is 4.74 Å². The molecule has 0 amide bonds. The van der Waals surface area contributed by atoms with E-state index in [0.717, 1.165) is 22.8 Å². The van der Waals surface area contributed by atoms with Crippen LogP contribution in [0.25, 0.3) is 17.2 Å². The number of aromatic amines is 1. The molecule has 6 nitrogen and oxygen atoms in total. The van der Waals surface area contributed by atoms with Gasteiger partial charge in [0.15, 0.2) is 5.82 Å². The van der Waals surface area contributed by atoms with Gasteiger partial charge >= 0.3 is 0 Å². The predicted molar refractivity (Wildman–Crippen MR) is 75.0 cm³/mol. The molecule has 0 aliphatic rings. The van der Waals surface area contributed by atoms with Crippen molar-refractivity contribution in [3.8, 4) is 23.0 Å². The molecule has 0 aliphatic heterocycles. The van der Waals surface area contributed by atoms with Crippen molar-refractivity contribution in [1.29, 1.82) is 0 Å². The molecule has 0 radical (unpaired) electrons. The van der Waals surface area contributed by atoms with E-state index in [1.165, 1.54) is 0 Å². The smallest absolute Gasteiger partial charge is 0.183 e. The normalized spacial score (nSPS) is 10.8. The first-order valence-corrected chi connectivity index (χ1v) is 6.28. The zero-order valence-electron chi connectivity index (χ0n) is 11.6. The van der Waals surface area contributed by atoms with E-state index in [1.54, 1.807) is 11.8 Å². The van der Waals surface area contributed by atoms with Crippen LogP contribution in [0.5, 0.6) is 5.75 Å². The number of hydrogen-bond donors (Lipinski definition) is 1. The summed E-state index contributed by atoms with van der Waals surface area (Å²) in [6.07, 6.45) is 0. The number of benzene rings is 1. The van der Waals surface area contributed by atoms with Crippen LogP contribution in [-0.4, -0.2) is 32.1 Å². The Balaban J connectivity index is 2.19. The van der Waals surface area contributed by atoms with Crippen LogP contribution >= 0.6 is 0 Å². The minimum Gasteiger partial charge on any atom is -0.494 e. The van der Waals surface area contributed by atoms with Crippen LogP contribution in [0.2, 0.25) is 0 Å². The monoisotopic (exact) mass is 269 g/mol. The van der Waals surface area contributed by atoms with Gasteiger partial charge in [0.2, 0.25) is 0 Å². The highest BCUT2D eigenvalue weighted by Gasteiger charge is 2.16. The van der Waals surface area contributed by atoms with Crippen molar-refractivity contribution in [1.82, 2.24) is 25.0 Å². The Morgan fingerprint density at radius 2 is 2.00 bits per heavy atom. The third-order valence-electron chi connectivity index (χ3n) is 2.96. The molecule has 0 saturated heterocycles. The summed E-state index contributed by atoms with van der Waals surface area (Å²) >= 11 is 0. The van der Waals surface area contributed by atoms with Crippen molar-refractivity contribution < 1.29 is 4.74 Å². The zero-order valence-corrected chi connectivity index (χ0v) is 11.6. The summed E-state index contributed by atoms with van der Waals surface area (Å²) in [6.45, 7) is 3.81. The average molecular weight is 269 g/mol. The van der Waals surface area contributed by atoms with Crippen LogP contribution in [0.15, 0.2) is 30.3 Å². The van der Waals surface area contributed by atoms with Crippen molar-refractivity contribution in [2.75, 3.05) is 7.11 Å². The van der Waals surface area contributed by atoms with Gasteiger partial charge in [-0.05, 0) is 32.0 Å². The van der Waals surface area contributed by atoms with Crippen LogP contribution in [-0.2, 0) is 0 Å². The Bertz CT molecular complexity index is 744. The molecule has 2 aromatic heterocycles. The van der Waals surface area contributed by atoms with Gasteiger partial charge < -0.3 is 4.74 Å². The molecule has 0 bridgehead atoms. The molecule has 1 N–H and O–H groups in total. The molecule has 0 fully saturated rings. The van der Waals surface area contributed by atoms with Crippen LogP contribution in [0.4, 0.5) is 0 Å². The van der Waals surface area contributed by atoms with Gasteiger partial charge in [-0.3, -0.25) is 5.10 Å². The van der Waals surface area contributed by atoms with E-state index in [0.29, 0.717) is 11.6 Å². The van der Waals surface area contributed by atoms with Crippen molar-refractivity contribution in [2.24, 2.45) is 0 Å². The van der Waals surface area contributed by atoms with Crippen molar-refractivity contribution in [3.05, 3.63) is 41.9 Å². The van der Waals surface area contributed by atoms with Gasteiger partial charge in [0.25, 0.3) is 0 Å². The molecule has 2 heterocycles. The Morgan fingerprint density at radius 1 is 1.20 bits per heavy atom. The number of nitrogens with one attached hydrogen (secondary N) is 1. The zero-order chi connectivity index (χ0) is 14.1. The second kappa shape index (κ2) is 4.80. The van der Waals surface area contributed by atoms with E-state index in [1.807, 2.05) is 44.2 Å². The van der Waals surface area contributed by atoms with E-state index in [9.17, 15) is 0 Å². The lowest BCUT2D eigenvalue weighted by Crippen LogP contribution is -2.02. The molecule has 0 spiro atoms. The number of H-pyrrole nitrogens is 1. The SMILES string of the molecule is COc1ccccc1-n1nc(C)nc1-c1cc(C)[nH]n1. The van der Waals surface area contributed by atoms with Gasteiger partial charge in [0, 0.05) is 5.69 Å². The highest BCUT2D eigenvalue weighted by molar-refractivity contribution is 5.57. The summed E-state index contributed by atoms with van der Waals surface area (Å²) in [5.74, 6) is 2.12. The number of hydrogen-bond acceptors (Lipinski definition) is 4. The minimum atomic E-state index is 0.687. The summed E-state index contributed by atoms with van der Waals surface area (Å²) in [6, 6.07) is 9.64. The molecular weight excluding hydrogens is 254 g/mol. The van der Waals surface area contributed by atoms with Crippen molar-refractivity contribution >= 4 is 0 Å². The van der Waals surface area contributed by atoms with Gasteiger partial charge in [-0.1, -0.05) is 12.1 Å². The van der Waals surface area contributed by atoms with E-state index in [2.05, 4.69) is 20.3 Å². The number of rotatable bonds is 3. The summed E-state index contributed by atoms with van der Waals surface area (Å²) < 4.78 is 7.14. The Morgan fingerprint density at radius 3 is 2.70 bits per heavy atom. The van der Waals surface area contributed by atoms with Crippen LogP contribution in [0.1, 0.15) is 11.5 Å². The van der Waals surface area contributed by atoms with Gasteiger partial charge in [-0.15, -0.1) is 0 Å². The standard InChI is InChI=1S/C14H15N5O/c1-9-8-11(17-16-9)14-15-10(2)18-19(14)12-6-4-5-7-13(12)20-3/h4-8H,1-3H3,(H,16,17). The number of methoxy groups -OCH3 is 1. The topological polar surface area (TPSA) is 68.6 Å². The van der Waals surface area contributed by atoms with Crippen LogP contribution < -0.4 is 4.74 Å². The highest BCUT2D eigenvalue weighted by Crippen LogP contribution is 2.26. The lowest BCUT2D eigenvalue weighted by Gasteiger charge is -2.09. The highest BCUT2D eigenvalue weighted by atomic mass is 16.5. The summed E-state index contributed by atoms with van der Waals surface area (Å²) in [5, 5.41) is 11.6. The molecule has 3 rings (SSSR count). The molecule has 6 heteroatoms. The van der Waals surface area contributed by atoms with E-state index in [-0.39, 0.29) is 0 Å². The maximum atomic E-state index is 5.39. The molecule has 0 unspecified atom stereocenters. The number of aromatic nitrogens is 5. The van der Waals surface area contributed by atoms with Crippen LogP contribution in [0, 0.1) is 13.8 Å². The summed E-state index contributed by atoms with van der Waals surface area (Å²) in [4.78, 5) is 4.46.